The molecule has 0 unspecified atom stereocenters. The molecule has 9 heteroatoms. The number of carbonyl (C=O) groups is 2. The number of nitrogens with zero attached hydrogens (tertiary/aromatic N) is 2. The molecular formula is C26H29F3N2O4. The lowest BCUT2D eigenvalue weighted by Crippen LogP contribution is -2.48. The van der Waals surface area contributed by atoms with E-state index in [0.717, 1.165) is 25.5 Å². The molecule has 0 spiro atoms. The van der Waals surface area contributed by atoms with Crippen molar-refractivity contribution in [1.82, 2.24) is 4.90 Å². The highest BCUT2D eigenvalue weighted by atomic mass is 19.4. The predicted octanol–water partition coefficient (Wildman–Crippen LogP) is 4.41. The van der Waals surface area contributed by atoms with Crippen LogP contribution in [0.1, 0.15) is 42.4 Å². The monoisotopic (exact) mass is 490 g/mol. The first kappa shape index (κ1) is 25.0. The molecule has 0 bridgehead atoms. The SMILES string of the molecule is COc1ccc([C@@H]2Cc3c(cccc3C(F)(F)F)N(C[C@@H]3CCCN3C)C(=O)[C@@H]2OC(C)=O)cc1. The number of hydrogen-bond donors (Lipinski definition) is 0. The van der Waals surface area contributed by atoms with E-state index < -0.39 is 35.6 Å². The number of rotatable bonds is 5. The van der Waals surface area contributed by atoms with Crippen molar-refractivity contribution >= 4 is 17.6 Å². The van der Waals surface area contributed by atoms with Crippen LogP contribution in [0.5, 0.6) is 5.75 Å². The van der Waals surface area contributed by atoms with Gasteiger partial charge in [-0.05, 0) is 68.2 Å². The van der Waals surface area contributed by atoms with Crippen molar-refractivity contribution in [3.63, 3.8) is 0 Å². The van der Waals surface area contributed by atoms with E-state index in [1.54, 1.807) is 30.3 Å². The molecule has 0 N–H and O–H groups in total. The molecule has 2 aliphatic heterocycles. The number of fused-ring (bicyclic) bond motifs is 1. The second-order valence-electron chi connectivity index (χ2n) is 9.14. The number of ether oxygens (including phenoxy) is 2. The van der Waals surface area contributed by atoms with Crippen LogP contribution >= 0.6 is 0 Å². The number of anilines is 1. The number of likely N-dealkylation sites (N-methyl/N-ethyl adjacent to an activating group) is 1. The molecular weight excluding hydrogens is 461 g/mol. The van der Waals surface area contributed by atoms with E-state index in [4.69, 9.17) is 9.47 Å². The quantitative estimate of drug-likeness (QED) is 0.581. The summed E-state index contributed by atoms with van der Waals surface area (Å²) in [6.07, 6.45) is -4.20. The molecule has 6 nitrogen and oxygen atoms in total. The predicted molar refractivity (Wildman–Crippen MR) is 124 cm³/mol. The molecule has 2 aromatic carbocycles. The lowest BCUT2D eigenvalue weighted by atomic mass is 9.86. The van der Waals surface area contributed by atoms with Gasteiger partial charge < -0.3 is 19.3 Å². The van der Waals surface area contributed by atoms with Crippen LogP contribution in [-0.2, 0) is 26.9 Å². The van der Waals surface area contributed by atoms with Gasteiger partial charge in [0.15, 0.2) is 6.10 Å². The molecule has 188 valence electrons. The Morgan fingerprint density at radius 3 is 2.43 bits per heavy atom. The van der Waals surface area contributed by atoms with Gasteiger partial charge >= 0.3 is 12.1 Å². The molecule has 0 saturated carbocycles. The Morgan fingerprint density at radius 2 is 1.86 bits per heavy atom. The Balaban J connectivity index is 1.87. The maximum atomic E-state index is 14.1. The minimum absolute atomic E-state index is 0.00291. The summed E-state index contributed by atoms with van der Waals surface area (Å²) >= 11 is 0. The fourth-order valence-corrected chi connectivity index (χ4v) is 5.14. The maximum Gasteiger partial charge on any atom is 0.416 e. The van der Waals surface area contributed by atoms with Gasteiger partial charge in [0.25, 0.3) is 5.91 Å². The van der Waals surface area contributed by atoms with E-state index in [1.807, 2.05) is 7.05 Å². The minimum Gasteiger partial charge on any atom is -0.497 e. The van der Waals surface area contributed by atoms with E-state index in [9.17, 15) is 22.8 Å². The van der Waals surface area contributed by atoms with Gasteiger partial charge in [-0.1, -0.05) is 18.2 Å². The molecule has 0 aromatic heterocycles. The molecule has 4 rings (SSSR count). The average Bonchev–Trinajstić information content (AvgIpc) is 3.18. The summed E-state index contributed by atoms with van der Waals surface area (Å²) in [5.41, 5.74) is 0.0606. The summed E-state index contributed by atoms with van der Waals surface area (Å²) in [5.74, 6) is -1.41. The summed E-state index contributed by atoms with van der Waals surface area (Å²) in [7, 11) is 3.45. The third-order valence-corrected chi connectivity index (χ3v) is 6.95. The van der Waals surface area contributed by atoms with Crippen molar-refractivity contribution in [3.05, 3.63) is 59.2 Å². The molecule has 1 fully saturated rings. The zero-order chi connectivity index (χ0) is 25.3. The van der Waals surface area contributed by atoms with Crippen molar-refractivity contribution in [3.8, 4) is 5.75 Å². The van der Waals surface area contributed by atoms with Crippen molar-refractivity contribution < 1.29 is 32.2 Å². The van der Waals surface area contributed by atoms with Gasteiger partial charge in [0.05, 0.1) is 12.7 Å². The van der Waals surface area contributed by atoms with Gasteiger partial charge in [0.2, 0.25) is 0 Å². The fourth-order valence-electron chi connectivity index (χ4n) is 5.14. The Bertz CT molecular complexity index is 1090. The zero-order valence-corrected chi connectivity index (χ0v) is 20.0. The second-order valence-corrected chi connectivity index (χ2v) is 9.14. The number of methoxy groups -OCH3 is 1. The third-order valence-electron chi connectivity index (χ3n) is 6.95. The highest BCUT2D eigenvalue weighted by molar-refractivity contribution is 6.00. The van der Waals surface area contributed by atoms with Crippen LogP contribution in [0, 0.1) is 0 Å². The molecule has 3 atom stereocenters. The van der Waals surface area contributed by atoms with Crippen LogP contribution in [0.3, 0.4) is 0 Å². The summed E-state index contributed by atoms with van der Waals surface area (Å²) < 4.78 is 53.1. The Morgan fingerprint density at radius 1 is 1.14 bits per heavy atom. The van der Waals surface area contributed by atoms with Gasteiger partial charge in [-0.15, -0.1) is 0 Å². The average molecular weight is 491 g/mol. The van der Waals surface area contributed by atoms with E-state index in [0.29, 0.717) is 11.3 Å². The van der Waals surface area contributed by atoms with Gasteiger partial charge in [-0.2, -0.15) is 13.2 Å². The van der Waals surface area contributed by atoms with Crippen LogP contribution in [0.25, 0.3) is 0 Å². The zero-order valence-electron chi connectivity index (χ0n) is 20.0. The summed E-state index contributed by atoms with van der Waals surface area (Å²) in [5, 5.41) is 0. The molecule has 2 aromatic rings. The Kier molecular flexibility index (Phi) is 7.07. The largest absolute Gasteiger partial charge is 0.497 e. The Labute approximate surface area is 202 Å². The standard InChI is InChI=1S/C26H29F3N2O4/c1-16(32)35-24-20(17-9-11-19(34-3)12-10-17)14-21-22(26(27,28)29)7-4-8-23(21)31(25(24)33)15-18-6-5-13-30(18)2/h4,7-12,18,20,24H,5-6,13-15H2,1-3H3/t18-,20-,24+/m0/s1. The van der Waals surface area contributed by atoms with Crippen LogP contribution < -0.4 is 9.64 Å². The number of alkyl halides is 3. The van der Waals surface area contributed by atoms with E-state index in [1.165, 1.54) is 25.0 Å². The topological polar surface area (TPSA) is 59.1 Å². The number of carbonyl (C=O) groups excluding carboxylic acids is 2. The minimum atomic E-state index is -4.60. The summed E-state index contributed by atoms with van der Waals surface area (Å²) in [6.45, 7) is 2.27. The number of likely N-dealkylation sites (tertiary alicyclic amines) is 1. The maximum absolute atomic E-state index is 14.1. The third kappa shape index (κ3) is 5.15. The second kappa shape index (κ2) is 9.89. The molecule has 1 amide bonds. The number of esters is 1. The highest BCUT2D eigenvalue weighted by Crippen LogP contribution is 2.43. The molecule has 1 saturated heterocycles. The number of amides is 1. The van der Waals surface area contributed by atoms with Gasteiger partial charge in [0, 0.05) is 31.1 Å². The number of benzene rings is 2. The molecule has 35 heavy (non-hydrogen) atoms. The Hall–Kier alpha value is -3.07. The first-order chi connectivity index (χ1) is 16.6. The number of halogens is 3. The van der Waals surface area contributed by atoms with Crippen molar-refractivity contribution in [2.45, 2.75) is 50.4 Å². The first-order valence-corrected chi connectivity index (χ1v) is 11.6. The number of hydrogen-bond acceptors (Lipinski definition) is 5. The van der Waals surface area contributed by atoms with Crippen LogP contribution in [-0.4, -0.2) is 56.2 Å². The van der Waals surface area contributed by atoms with Gasteiger partial charge in [-0.25, -0.2) is 0 Å². The van der Waals surface area contributed by atoms with Crippen LogP contribution in [0.2, 0.25) is 0 Å². The lowest BCUT2D eigenvalue weighted by molar-refractivity contribution is -0.154. The van der Waals surface area contributed by atoms with Crippen molar-refractivity contribution in [2.24, 2.45) is 0 Å². The highest BCUT2D eigenvalue weighted by Gasteiger charge is 2.44. The van der Waals surface area contributed by atoms with E-state index >= 15 is 0 Å². The molecule has 2 heterocycles. The fraction of sp³-hybridized carbons (Fsp3) is 0.462. The van der Waals surface area contributed by atoms with E-state index in [-0.39, 0.29) is 30.3 Å². The summed E-state index contributed by atoms with van der Waals surface area (Å²) in [4.78, 5) is 29.5. The normalized spacial score (nSPS) is 23.1. The van der Waals surface area contributed by atoms with E-state index in [2.05, 4.69) is 4.90 Å². The van der Waals surface area contributed by atoms with Gasteiger partial charge in [0.1, 0.15) is 5.75 Å². The van der Waals surface area contributed by atoms with Gasteiger partial charge in [-0.3, -0.25) is 9.59 Å². The molecule has 0 aliphatic carbocycles. The first-order valence-electron chi connectivity index (χ1n) is 11.6. The van der Waals surface area contributed by atoms with Crippen LogP contribution in [0.15, 0.2) is 42.5 Å². The lowest BCUT2D eigenvalue weighted by Gasteiger charge is -2.32. The summed E-state index contributed by atoms with van der Waals surface area (Å²) in [6, 6.07) is 10.7. The molecule has 0 radical (unpaired) electrons. The van der Waals surface area contributed by atoms with Crippen molar-refractivity contribution in [1.29, 1.82) is 0 Å². The smallest absolute Gasteiger partial charge is 0.416 e. The van der Waals surface area contributed by atoms with Crippen LogP contribution in [0.4, 0.5) is 18.9 Å². The van der Waals surface area contributed by atoms with Crippen molar-refractivity contribution in [2.75, 3.05) is 32.1 Å². The molecule has 2 aliphatic rings.